The van der Waals surface area contributed by atoms with E-state index < -0.39 is 5.60 Å². The van der Waals surface area contributed by atoms with Crippen LogP contribution in [-0.4, -0.2) is 53.4 Å². The third-order valence-corrected chi connectivity index (χ3v) is 5.54. The van der Waals surface area contributed by atoms with Crippen molar-refractivity contribution in [2.45, 2.75) is 46.3 Å². The summed E-state index contributed by atoms with van der Waals surface area (Å²) in [6.07, 6.45) is -0.671. The molecule has 1 amide bonds. The number of morpholine rings is 1. The number of hydrogen-bond donors (Lipinski definition) is 0. The predicted octanol–water partition coefficient (Wildman–Crippen LogP) is 5.23. The molecular weight excluding hydrogens is 418 g/mol. The summed E-state index contributed by atoms with van der Waals surface area (Å²) in [5.41, 5.74) is 4.83. The lowest BCUT2D eigenvalue weighted by Gasteiger charge is -2.34. The molecule has 33 heavy (non-hydrogen) atoms. The van der Waals surface area contributed by atoms with E-state index in [9.17, 15) is 4.79 Å². The smallest absolute Gasteiger partial charge is 0.410 e. The van der Waals surface area contributed by atoms with E-state index in [2.05, 4.69) is 13.0 Å². The molecule has 1 saturated heterocycles. The Labute approximate surface area is 194 Å². The van der Waals surface area contributed by atoms with Gasteiger partial charge in [0.25, 0.3) is 0 Å². The van der Waals surface area contributed by atoms with Crippen molar-refractivity contribution in [3.63, 3.8) is 0 Å². The fraction of sp³-hybridized carbons (Fsp3) is 0.423. The van der Waals surface area contributed by atoms with Gasteiger partial charge in [0.1, 0.15) is 17.5 Å². The van der Waals surface area contributed by atoms with Gasteiger partial charge in [-0.1, -0.05) is 6.07 Å². The minimum atomic E-state index is -0.540. The number of rotatable bonds is 3. The Morgan fingerprint density at radius 3 is 2.61 bits per heavy atom. The van der Waals surface area contributed by atoms with Crippen LogP contribution < -0.4 is 4.74 Å². The van der Waals surface area contributed by atoms with E-state index >= 15 is 0 Å². The van der Waals surface area contributed by atoms with Crippen LogP contribution in [0.3, 0.4) is 0 Å². The summed E-state index contributed by atoms with van der Waals surface area (Å²) >= 11 is 0. The molecule has 0 N–H and O–H groups in total. The first-order chi connectivity index (χ1) is 15.6. The molecule has 4 rings (SSSR count). The third-order valence-electron chi connectivity index (χ3n) is 5.54. The fourth-order valence-electron chi connectivity index (χ4n) is 4.07. The molecule has 1 unspecified atom stereocenters. The topological polar surface area (TPSA) is 73.8 Å². The zero-order valence-electron chi connectivity index (χ0n) is 20.1. The van der Waals surface area contributed by atoms with Crippen LogP contribution in [-0.2, 0) is 9.47 Å². The van der Waals surface area contributed by atoms with Crippen molar-refractivity contribution in [2.24, 2.45) is 0 Å². The standard InChI is InChI=1S/C26H31N3O4/c1-16-13-17(2)23(21(14-16)31-6)20-10-8-18-7-9-19(27-24(18)28-20)22-15-29(11-12-32-22)25(30)33-26(3,4)5/h7-10,13-14,22H,11-12,15H2,1-6H3. The number of aryl methyl sites for hydroxylation is 2. The van der Waals surface area contributed by atoms with Crippen molar-refractivity contribution in [3.05, 3.63) is 53.2 Å². The van der Waals surface area contributed by atoms with Gasteiger partial charge < -0.3 is 19.1 Å². The van der Waals surface area contributed by atoms with Gasteiger partial charge in [0.15, 0.2) is 5.65 Å². The molecule has 1 atom stereocenters. The van der Waals surface area contributed by atoms with E-state index in [0.717, 1.165) is 39.2 Å². The number of fused-ring (bicyclic) bond motifs is 1. The second-order valence-electron chi connectivity index (χ2n) is 9.42. The highest BCUT2D eigenvalue weighted by atomic mass is 16.6. The molecule has 7 heteroatoms. The lowest BCUT2D eigenvalue weighted by Crippen LogP contribution is -2.44. The van der Waals surface area contributed by atoms with Crippen LogP contribution in [0.2, 0.25) is 0 Å². The van der Waals surface area contributed by atoms with Crippen LogP contribution in [0.5, 0.6) is 5.75 Å². The molecule has 0 saturated carbocycles. The molecule has 1 aromatic carbocycles. The summed E-state index contributed by atoms with van der Waals surface area (Å²) in [5.74, 6) is 0.791. The summed E-state index contributed by atoms with van der Waals surface area (Å²) in [5, 5.41) is 0.936. The number of benzene rings is 1. The minimum absolute atomic E-state index is 0.334. The summed E-state index contributed by atoms with van der Waals surface area (Å²) < 4.78 is 17.1. The van der Waals surface area contributed by atoms with Gasteiger partial charge >= 0.3 is 6.09 Å². The molecule has 1 aliphatic rings. The van der Waals surface area contributed by atoms with E-state index in [4.69, 9.17) is 24.2 Å². The summed E-state index contributed by atoms with van der Waals surface area (Å²) in [6, 6.07) is 12.1. The Bertz CT molecular complexity index is 1190. The van der Waals surface area contributed by atoms with Crippen molar-refractivity contribution < 1.29 is 19.0 Å². The first-order valence-corrected chi connectivity index (χ1v) is 11.2. The number of methoxy groups -OCH3 is 1. The maximum absolute atomic E-state index is 12.5. The zero-order chi connectivity index (χ0) is 23.8. The zero-order valence-corrected chi connectivity index (χ0v) is 20.1. The number of hydrogen-bond acceptors (Lipinski definition) is 6. The normalized spacial score (nSPS) is 16.7. The molecule has 7 nitrogen and oxygen atoms in total. The van der Waals surface area contributed by atoms with Crippen LogP contribution in [0.25, 0.3) is 22.3 Å². The van der Waals surface area contributed by atoms with E-state index in [0.29, 0.717) is 25.3 Å². The van der Waals surface area contributed by atoms with Gasteiger partial charge in [-0.3, -0.25) is 0 Å². The van der Waals surface area contributed by atoms with Gasteiger partial charge in [-0.2, -0.15) is 0 Å². The average Bonchev–Trinajstić information content (AvgIpc) is 2.76. The lowest BCUT2D eigenvalue weighted by atomic mass is 10.0. The number of aromatic nitrogens is 2. The average molecular weight is 450 g/mol. The number of carbonyl (C=O) groups excluding carboxylic acids is 1. The van der Waals surface area contributed by atoms with Crippen LogP contribution >= 0.6 is 0 Å². The number of pyridine rings is 2. The van der Waals surface area contributed by atoms with Gasteiger partial charge in [-0.25, -0.2) is 14.8 Å². The largest absolute Gasteiger partial charge is 0.496 e. The van der Waals surface area contributed by atoms with Crippen molar-refractivity contribution in [3.8, 4) is 17.0 Å². The highest BCUT2D eigenvalue weighted by Gasteiger charge is 2.29. The van der Waals surface area contributed by atoms with Crippen molar-refractivity contribution in [2.75, 3.05) is 26.8 Å². The maximum atomic E-state index is 12.5. The summed E-state index contributed by atoms with van der Waals surface area (Å²) in [6.45, 7) is 11.0. The molecular formula is C26H31N3O4. The van der Waals surface area contributed by atoms with Gasteiger partial charge in [-0.05, 0) is 76.1 Å². The van der Waals surface area contributed by atoms with Gasteiger partial charge in [0, 0.05) is 17.5 Å². The van der Waals surface area contributed by atoms with Crippen molar-refractivity contribution in [1.82, 2.24) is 14.9 Å². The summed E-state index contributed by atoms with van der Waals surface area (Å²) in [4.78, 5) is 23.9. The number of amides is 1. The molecule has 3 heterocycles. The monoisotopic (exact) mass is 449 g/mol. The highest BCUT2D eigenvalue weighted by Crippen LogP contribution is 2.34. The van der Waals surface area contributed by atoms with E-state index in [1.165, 1.54) is 0 Å². The van der Waals surface area contributed by atoms with Gasteiger partial charge in [0.2, 0.25) is 0 Å². The molecule has 0 aliphatic carbocycles. The van der Waals surface area contributed by atoms with E-state index in [1.807, 2.05) is 58.0 Å². The van der Waals surface area contributed by atoms with Crippen LogP contribution in [0.4, 0.5) is 4.79 Å². The predicted molar refractivity (Wildman–Crippen MR) is 128 cm³/mol. The second kappa shape index (κ2) is 8.98. The molecule has 0 radical (unpaired) electrons. The Hall–Kier alpha value is -3.19. The van der Waals surface area contributed by atoms with Crippen LogP contribution in [0, 0.1) is 13.8 Å². The quantitative estimate of drug-likeness (QED) is 0.545. The Balaban J connectivity index is 1.64. The van der Waals surface area contributed by atoms with Gasteiger partial charge in [-0.15, -0.1) is 0 Å². The maximum Gasteiger partial charge on any atom is 0.410 e. The van der Waals surface area contributed by atoms with Gasteiger partial charge in [0.05, 0.1) is 31.6 Å². The molecule has 2 aromatic heterocycles. The van der Waals surface area contributed by atoms with Crippen molar-refractivity contribution in [1.29, 1.82) is 0 Å². The van der Waals surface area contributed by atoms with Crippen LogP contribution in [0.15, 0.2) is 36.4 Å². The molecule has 3 aromatic rings. The first-order valence-electron chi connectivity index (χ1n) is 11.2. The number of carbonyl (C=O) groups is 1. The molecule has 1 fully saturated rings. The van der Waals surface area contributed by atoms with E-state index in [1.54, 1.807) is 12.0 Å². The molecule has 0 bridgehead atoms. The highest BCUT2D eigenvalue weighted by molar-refractivity contribution is 5.81. The first kappa shape index (κ1) is 23.0. The number of ether oxygens (including phenoxy) is 3. The number of nitrogens with zero attached hydrogens (tertiary/aromatic N) is 3. The van der Waals surface area contributed by atoms with Crippen LogP contribution in [0.1, 0.15) is 43.7 Å². The van der Waals surface area contributed by atoms with Crippen molar-refractivity contribution >= 4 is 17.1 Å². The lowest BCUT2D eigenvalue weighted by molar-refractivity contribution is -0.0446. The minimum Gasteiger partial charge on any atom is -0.496 e. The third kappa shape index (κ3) is 5.09. The van der Waals surface area contributed by atoms with E-state index in [-0.39, 0.29) is 12.2 Å². The fourth-order valence-corrected chi connectivity index (χ4v) is 4.07. The SMILES string of the molecule is COc1cc(C)cc(C)c1-c1ccc2ccc(C3CN(C(=O)OC(C)(C)C)CCO3)nc2n1. The summed E-state index contributed by atoms with van der Waals surface area (Å²) in [7, 11) is 1.67. The molecule has 0 spiro atoms. The molecule has 1 aliphatic heterocycles. The Kier molecular flexibility index (Phi) is 6.26. The Morgan fingerprint density at radius 2 is 1.88 bits per heavy atom. The molecule has 174 valence electrons. The second-order valence-corrected chi connectivity index (χ2v) is 9.42. The Morgan fingerprint density at radius 1 is 1.12 bits per heavy atom.